The Hall–Kier alpha value is -2.10. The summed E-state index contributed by atoms with van der Waals surface area (Å²) in [4.78, 5) is 27.1. The highest BCUT2D eigenvalue weighted by Crippen LogP contribution is 2.19. The van der Waals surface area contributed by atoms with Gasteiger partial charge in [-0.1, -0.05) is 18.5 Å². The molecule has 3 N–H and O–H groups in total. The number of amides is 1. The highest BCUT2D eigenvalue weighted by atomic mass is 35.5. The summed E-state index contributed by atoms with van der Waals surface area (Å²) in [7, 11) is 0. The van der Waals surface area contributed by atoms with E-state index in [2.05, 4.69) is 15.5 Å². The molecule has 0 fully saturated rings. The van der Waals surface area contributed by atoms with E-state index in [0.29, 0.717) is 11.6 Å². The summed E-state index contributed by atoms with van der Waals surface area (Å²) in [6, 6.07) is 7.10. The molecule has 0 aliphatic rings. The Morgan fingerprint density at radius 3 is 2.81 bits per heavy atom. The summed E-state index contributed by atoms with van der Waals surface area (Å²) in [5.74, 6) is -0.491. The molecule has 0 aliphatic heterocycles. The van der Waals surface area contributed by atoms with E-state index in [4.69, 9.17) is 23.8 Å². The predicted octanol–water partition coefficient (Wildman–Crippen LogP) is 2.92. The van der Waals surface area contributed by atoms with Gasteiger partial charge in [0.2, 0.25) is 11.8 Å². The molecule has 0 atom stereocenters. The van der Waals surface area contributed by atoms with E-state index in [9.17, 15) is 14.7 Å². The molecule has 138 valence electrons. The van der Waals surface area contributed by atoms with E-state index in [1.54, 1.807) is 12.1 Å². The molecule has 0 aliphatic carbocycles. The van der Waals surface area contributed by atoms with Crippen molar-refractivity contribution >= 4 is 47.7 Å². The number of benzene rings is 1. The van der Waals surface area contributed by atoms with Crippen molar-refractivity contribution in [1.82, 2.24) is 15.0 Å². The maximum absolute atomic E-state index is 11.9. The summed E-state index contributed by atoms with van der Waals surface area (Å²) >= 11 is 12.1. The van der Waals surface area contributed by atoms with Crippen LogP contribution in [-0.2, 0) is 11.3 Å². The third kappa shape index (κ3) is 5.45. The Labute approximate surface area is 164 Å². The van der Waals surface area contributed by atoms with Crippen molar-refractivity contribution in [2.75, 3.05) is 5.75 Å². The minimum absolute atomic E-state index is 0.0716. The van der Waals surface area contributed by atoms with Crippen molar-refractivity contribution in [2.45, 2.75) is 24.8 Å². The van der Waals surface area contributed by atoms with Crippen LogP contribution in [0.1, 0.15) is 18.9 Å². The topological polar surface area (TPSA) is 99.5 Å². The van der Waals surface area contributed by atoms with Gasteiger partial charge in [0, 0.05) is 16.5 Å². The Bertz CT molecular complexity index is 923. The van der Waals surface area contributed by atoms with E-state index >= 15 is 0 Å². The van der Waals surface area contributed by atoms with Crippen LogP contribution in [0.5, 0.6) is 5.88 Å². The smallest absolute Gasteiger partial charge is 0.264 e. The molecule has 0 radical (unpaired) electrons. The zero-order valence-corrected chi connectivity index (χ0v) is 16.2. The molecule has 26 heavy (non-hydrogen) atoms. The van der Waals surface area contributed by atoms with E-state index < -0.39 is 5.56 Å². The van der Waals surface area contributed by atoms with Crippen LogP contribution in [0.15, 0.2) is 39.1 Å². The molecular formula is C16H17ClN4O3S2. The average molecular weight is 413 g/mol. The lowest BCUT2D eigenvalue weighted by atomic mass is 10.3. The molecule has 0 saturated heterocycles. The van der Waals surface area contributed by atoms with Gasteiger partial charge in [-0.2, -0.15) is 5.10 Å². The van der Waals surface area contributed by atoms with Crippen LogP contribution in [0.25, 0.3) is 0 Å². The fourth-order valence-corrected chi connectivity index (χ4v) is 3.09. The lowest BCUT2D eigenvalue weighted by Gasteiger charge is -2.09. The molecule has 0 spiro atoms. The quantitative estimate of drug-likeness (QED) is 0.281. The first-order valence-corrected chi connectivity index (χ1v) is 9.46. The Morgan fingerprint density at radius 1 is 1.46 bits per heavy atom. The zero-order valence-electron chi connectivity index (χ0n) is 13.9. The monoisotopic (exact) mass is 412 g/mol. The number of H-pyrrole nitrogens is 1. The summed E-state index contributed by atoms with van der Waals surface area (Å²) in [5.41, 5.74) is 1.67. The summed E-state index contributed by atoms with van der Waals surface area (Å²) in [5, 5.41) is 14.5. The third-order valence-corrected chi connectivity index (χ3v) is 4.81. The first kappa shape index (κ1) is 20.2. The van der Waals surface area contributed by atoms with Gasteiger partial charge in [0.25, 0.3) is 5.56 Å². The normalized spacial score (nSPS) is 11.0. The van der Waals surface area contributed by atoms with Gasteiger partial charge >= 0.3 is 0 Å². The molecule has 0 unspecified atom stereocenters. The van der Waals surface area contributed by atoms with E-state index in [-0.39, 0.29) is 27.9 Å². The fraction of sp³-hybridized carbons (Fsp3) is 0.250. The minimum Gasteiger partial charge on any atom is -0.494 e. The van der Waals surface area contributed by atoms with Crippen molar-refractivity contribution in [3.05, 3.63) is 50.0 Å². The number of nitrogens with one attached hydrogen (secondary N) is 2. The molecule has 1 heterocycles. The largest absolute Gasteiger partial charge is 0.494 e. The number of hydrogen-bond donors (Lipinski definition) is 3. The van der Waals surface area contributed by atoms with Gasteiger partial charge in [-0.05, 0) is 42.9 Å². The summed E-state index contributed by atoms with van der Waals surface area (Å²) < 4.78 is 1.53. The lowest BCUT2D eigenvalue weighted by Crippen LogP contribution is -2.22. The van der Waals surface area contributed by atoms with Crippen LogP contribution in [0, 0.1) is 4.77 Å². The zero-order chi connectivity index (χ0) is 19.1. The maximum Gasteiger partial charge on any atom is 0.264 e. The Morgan fingerprint density at radius 2 is 2.15 bits per heavy atom. The highest BCUT2D eigenvalue weighted by Gasteiger charge is 2.10. The molecule has 2 rings (SSSR count). The Balaban J connectivity index is 2.00. The number of hydrazone groups is 1. The standard InChI is InChI=1S/C16H17ClN4O3S2/c1-2-7-21-15(24)12(14(23)19-16(21)25)8-18-20-13(22)9-26-11-5-3-10(17)4-6-11/h3-6,8,24H,2,7,9H2,1H3,(H,20,22)(H,19,23,25)/b18-8-. The Kier molecular flexibility index (Phi) is 7.43. The second-order valence-electron chi connectivity index (χ2n) is 5.18. The molecule has 10 heteroatoms. The number of thioether (sulfide) groups is 1. The van der Waals surface area contributed by atoms with Crippen molar-refractivity contribution in [1.29, 1.82) is 0 Å². The van der Waals surface area contributed by atoms with Gasteiger partial charge < -0.3 is 5.11 Å². The van der Waals surface area contributed by atoms with Gasteiger partial charge in [-0.3, -0.25) is 19.1 Å². The maximum atomic E-state index is 11.9. The number of hydrogen-bond acceptors (Lipinski definition) is 6. The number of aromatic hydroxyl groups is 1. The first-order valence-electron chi connectivity index (χ1n) is 7.68. The molecule has 0 bridgehead atoms. The van der Waals surface area contributed by atoms with Crippen molar-refractivity contribution < 1.29 is 9.90 Å². The summed E-state index contributed by atoms with van der Waals surface area (Å²) in [6.07, 6.45) is 1.82. The lowest BCUT2D eigenvalue weighted by molar-refractivity contribution is -0.118. The number of carbonyl (C=O) groups excluding carboxylic acids is 1. The fourth-order valence-electron chi connectivity index (χ4n) is 2.00. The van der Waals surface area contributed by atoms with Crippen molar-refractivity contribution in [3.63, 3.8) is 0 Å². The van der Waals surface area contributed by atoms with Crippen LogP contribution < -0.4 is 11.0 Å². The molecular weight excluding hydrogens is 396 g/mol. The number of nitrogens with zero attached hydrogens (tertiary/aromatic N) is 2. The first-order chi connectivity index (χ1) is 12.4. The molecule has 1 aromatic heterocycles. The van der Waals surface area contributed by atoms with Crippen LogP contribution in [-0.4, -0.2) is 32.5 Å². The van der Waals surface area contributed by atoms with Crippen LogP contribution in [0.2, 0.25) is 5.02 Å². The average Bonchev–Trinajstić information content (AvgIpc) is 2.61. The molecule has 2 aromatic rings. The number of aromatic amines is 1. The minimum atomic E-state index is -0.576. The second kappa shape index (κ2) is 9.56. The van der Waals surface area contributed by atoms with E-state index in [0.717, 1.165) is 17.5 Å². The van der Waals surface area contributed by atoms with Crippen LogP contribution in [0.3, 0.4) is 0 Å². The van der Waals surface area contributed by atoms with Gasteiger partial charge in [0.05, 0.1) is 12.0 Å². The number of carbonyl (C=O) groups is 1. The third-order valence-electron chi connectivity index (χ3n) is 3.22. The van der Waals surface area contributed by atoms with Crippen molar-refractivity contribution in [2.24, 2.45) is 5.10 Å². The summed E-state index contributed by atoms with van der Waals surface area (Å²) in [6.45, 7) is 2.37. The van der Waals surface area contributed by atoms with Crippen LogP contribution in [0.4, 0.5) is 0 Å². The van der Waals surface area contributed by atoms with E-state index in [1.165, 1.54) is 16.3 Å². The molecule has 1 amide bonds. The predicted molar refractivity (Wildman–Crippen MR) is 106 cm³/mol. The van der Waals surface area contributed by atoms with Gasteiger partial charge in [-0.15, -0.1) is 11.8 Å². The highest BCUT2D eigenvalue weighted by molar-refractivity contribution is 8.00. The van der Waals surface area contributed by atoms with E-state index in [1.807, 2.05) is 19.1 Å². The number of aromatic nitrogens is 2. The molecule has 7 nitrogen and oxygen atoms in total. The van der Waals surface area contributed by atoms with Crippen molar-refractivity contribution in [3.8, 4) is 5.88 Å². The SMILES string of the molecule is CCCn1c(O)c(/C=N\NC(=O)CSc2ccc(Cl)cc2)c(=O)[nH]c1=S. The second-order valence-corrected chi connectivity index (χ2v) is 7.06. The van der Waals surface area contributed by atoms with Gasteiger partial charge in [0.15, 0.2) is 4.77 Å². The van der Waals surface area contributed by atoms with Crippen LogP contribution >= 0.6 is 35.6 Å². The number of halogens is 1. The number of rotatable bonds is 7. The van der Waals surface area contributed by atoms with Gasteiger partial charge in [-0.25, -0.2) is 5.43 Å². The molecule has 1 aromatic carbocycles. The molecule has 0 saturated carbocycles. The van der Waals surface area contributed by atoms with Gasteiger partial charge in [0.1, 0.15) is 5.56 Å².